The minimum absolute atomic E-state index is 0.0687. The molecule has 0 spiro atoms. The summed E-state index contributed by atoms with van der Waals surface area (Å²) in [5, 5.41) is 3.06. The van der Waals surface area contributed by atoms with Crippen LogP contribution in [-0.2, 0) is 15.3 Å². The van der Waals surface area contributed by atoms with Crippen LogP contribution in [0.2, 0.25) is 0 Å². The third-order valence-corrected chi connectivity index (χ3v) is 4.95. The Morgan fingerprint density at radius 2 is 2.09 bits per heavy atom. The molecule has 0 bridgehead atoms. The number of benzene rings is 1. The standard InChI is InChI=1S/C17H24N2O3S/c1-13(20)19-8-6-15(7-9-19)18-17(21)12-23-11-14-4-3-5-16(10-14)22-2/h3-5,10,15H,6-9,11-12H2,1-2H3,(H,18,21). The zero-order valence-corrected chi connectivity index (χ0v) is 14.5. The van der Waals surface area contributed by atoms with Crippen molar-refractivity contribution >= 4 is 23.6 Å². The smallest absolute Gasteiger partial charge is 0.230 e. The molecule has 23 heavy (non-hydrogen) atoms. The Kier molecular flexibility index (Phi) is 6.77. The molecule has 0 radical (unpaired) electrons. The molecule has 2 rings (SSSR count). The average molecular weight is 336 g/mol. The van der Waals surface area contributed by atoms with E-state index in [0.717, 1.165) is 43.0 Å². The summed E-state index contributed by atoms with van der Waals surface area (Å²) < 4.78 is 5.19. The van der Waals surface area contributed by atoms with Gasteiger partial charge >= 0.3 is 0 Å². The van der Waals surface area contributed by atoms with Crippen molar-refractivity contribution < 1.29 is 14.3 Å². The van der Waals surface area contributed by atoms with E-state index in [1.165, 1.54) is 0 Å². The fourth-order valence-corrected chi connectivity index (χ4v) is 3.42. The zero-order chi connectivity index (χ0) is 16.7. The van der Waals surface area contributed by atoms with Gasteiger partial charge in [0.1, 0.15) is 5.75 Å². The maximum atomic E-state index is 12.0. The van der Waals surface area contributed by atoms with Gasteiger partial charge in [-0.2, -0.15) is 0 Å². The second-order valence-corrected chi connectivity index (χ2v) is 6.68. The van der Waals surface area contributed by atoms with E-state index in [0.29, 0.717) is 5.75 Å². The normalized spacial score (nSPS) is 15.3. The van der Waals surface area contributed by atoms with Gasteiger partial charge in [0.15, 0.2) is 0 Å². The maximum absolute atomic E-state index is 12.0. The van der Waals surface area contributed by atoms with Gasteiger partial charge in [0.2, 0.25) is 11.8 Å². The largest absolute Gasteiger partial charge is 0.497 e. The monoisotopic (exact) mass is 336 g/mol. The summed E-state index contributed by atoms with van der Waals surface area (Å²) >= 11 is 1.60. The molecular formula is C17H24N2O3S. The van der Waals surface area contributed by atoms with Crippen molar-refractivity contribution in [2.24, 2.45) is 0 Å². The van der Waals surface area contributed by atoms with Gasteiger partial charge in [0.25, 0.3) is 0 Å². The molecule has 5 nitrogen and oxygen atoms in total. The van der Waals surface area contributed by atoms with Crippen molar-refractivity contribution in [2.75, 3.05) is 26.0 Å². The van der Waals surface area contributed by atoms with Gasteiger partial charge < -0.3 is 15.0 Å². The lowest BCUT2D eigenvalue weighted by Gasteiger charge is -2.31. The van der Waals surface area contributed by atoms with Crippen LogP contribution >= 0.6 is 11.8 Å². The Morgan fingerprint density at radius 1 is 1.35 bits per heavy atom. The predicted molar refractivity (Wildman–Crippen MR) is 92.6 cm³/mol. The molecular weight excluding hydrogens is 312 g/mol. The first-order valence-electron chi connectivity index (χ1n) is 7.84. The van der Waals surface area contributed by atoms with E-state index in [-0.39, 0.29) is 17.9 Å². The fourth-order valence-electron chi connectivity index (χ4n) is 2.63. The molecule has 1 N–H and O–H groups in total. The van der Waals surface area contributed by atoms with Crippen LogP contribution < -0.4 is 10.1 Å². The third kappa shape index (κ3) is 5.78. The summed E-state index contributed by atoms with van der Waals surface area (Å²) in [5.41, 5.74) is 1.15. The maximum Gasteiger partial charge on any atom is 0.230 e. The Morgan fingerprint density at radius 3 is 2.74 bits per heavy atom. The highest BCUT2D eigenvalue weighted by atomic mass is 32.2. The van der Waals surface area contributed by atoms with Crippen LogP contribution in [-0.4, -0.2) is 48.7 Å². The zero-order valence-electron chi connectivity index (χ0n) is 13.7. The summed E-state index contributed by atoms with van der Waals surface area (Å²) in [6.45, 7) is 3.06. The number of hydrogen-bond acceptors (Lipinski definition) is 4. The molecule has 0 atom stereocenters. The minimum atomic E-state index is 0.0687. The summed E-state index contributed by atoms with van der Waals surface area (Å²) in [5.74, 6) is 2.25. The van der Waals surface area contributed by atoms with Crippen LogP contribution in [0.25, 0.3) is 0 Å². The number of thioether (sulfide) groups is 1. The van der Waals surface area contributed by atoms with E-state index >= 15 is 0 Å². The third-order valence-electron chi connectivity index (χ3n) is 3.94. The second-order valence-electron chi connectivity index (χ2n) is 5.69. The first kappa shape index (κ1) is 17.7. The summed E-state index contributed by atoms with van der Waals surface area (Å²) in [6.07, 6.45) is 1.68. The molecule has 0 aromatic heterocycles. The van der Waals surface area contributed by atoms with Gasteiger partial charge in [-0.3, -0.25) is 9.59 Å². The topological polar surface area (TPSA) is 58.6 Å². The molecule has 1 aromatic carbocycles. The van der Waals surface area contributed by atoms with Crippen LogP contribution in [0.15, 0.2) is 24.3 Å². The van der Waals surface area contributed by atoms with Gasteiger partial charge in [0, 0.05) is 31.8 Å². The van der Waals surface area contributed by atoms with Gasteiger partial charge in [-0.25, -0.2) is 0 Å². The summed E-state index contributed by atoms with van der Waals surface area (Å²) in [4.78, 5) is 25.1. The molecule has 1 heterocycles. The van der Waals surface area contributed by atoms with E-state index in [2.05, 4.69) is 5.32 Å². The average Bonchev–Trinajstić information content (AvgIpc) is 2.55. The van der Waals surface area contributed by atoms with Crippen LogP contribution in [0.3, 0.4) is 0 Å². The Bertz CT molecular complexity index is 542. The van der Waals surface area contributed by atoms with Crippen LogP contribution in [0.5, 0.6) is 5.75 Å². The lowest BCUT2D eigenvalue weighted by atomic mass is 10.1. The molecule has 1 aromatic rings. The Labute approximate surface area is 141 Å². The molecule has 2 amide bonds. The number of piperidine rings is 1. The van der Waals surface area contributed by atoms with E-state index in [1.807, 2.05) is 29.2 Å². The molecule has 1 fully saturated rings. The van der Waals surface area contributed by atoms with E-state index in [9.17, 15) is 9.59 Å². The molecule has 0 unspecified atom stereocenters. The summed E-state index contributed by atoms with van der Waals surface area (Å²) in [6, 6.07) is 8.08. The van der Waals surface area contributed by atoms with Gasteiger partial charge in [-0.1, -0.05) is 12.1 Å². The number of hydrogen-bond donors (Lipinski definition) is 1. The van der Waals surface area contributed by atoms with Crippen molar-refractivity contribution in [1.29, 1.82) is 0 Å². The highest BCUT2D eigenvalue weighted by molar-refractivity contribution is 7.99. The molecule has 0 saturated carbocycles. The quantitative estimate of drug-likeness (QED) is 0.864. The number of methoxy groups -OCH3 is 1. The van der Waals surface area contributed by atoms with Crippen molar-refractivity contribution in [3.8, 4) is 5.75 Å². The number of nitrogens with one attached hydrogen (secondary N) is 1. The molecule has 1 saturated heterocycles. The van der Waals surface area contributed by atoms with Crippen molar-refractivity contribution in [1.82, 2.24) is 10.2 Å². The van der Waals surface area contributed by atoms with Crippen LogP contribution in [0.1, 0.15) is 25.3 Å². The lowest BCUT2D eigenvalue weighted by molar-refractivity contribution is -0.130. The minimum Gasteiger partial charge on any atom is -0.497 e. The summed E-state index contributed by atoms with van der Waals surface area (Å²) in [7, 11) is 1.65. The number of rotatable bonds is 6. The first-order chi connectivity index (χ1) is 11.1. The number of likely N-dealkylation sites (tertiary alicyclic amines) is 1. The van der Waals surface area contributed by atoms with Crippen molar-refractivity contribution in [3.05, 3.63) is 29.8 Å². The van der Waals surface area contributed by atoms with Gasteiger partial charge in [-0.05, 0) is 30.5 Å². The van der Waals surface area contributed by atoms with Gasteiger partial charge in [0.05, 0.1) is 12.9 Å². The van der Waals surface area contributed by atoms with Crippen LogP contribution in [0, 0.1) is 0 Å². The SMILES string of the molecule is COc1cccc(CSCC(=O)NC2CCN(C(C)=O)CC2)c1. The van der Waals surface area contributed by atoms with E-state index in [4.69, 9.17) is 4.74 Å². The first-order valence-corrected chi connectivity index (χ1v) is 8.99. The van der Waals surface area contributed by atoms with E-state index in [1.54, 1.807) is 25.8 Å². The second kappa shape index (κ2) is 8.82. The Balaban J connectivity index is 1.66. The predicted octanol–water partition coefficient (Wildman–Crippen LogP) is 2.06. The van der Waals surface area contributed by atoms with Crippen molar-refractivity contribution in [2.45, 2.75) is 31.6 Å². The molecule has 1 aliphatic heterocycles. The number of carbonyl (C=O) groups is 2. The highest BCUT2D eigenvalue weighted by Crippen LogP contribution is 2.18. The molecule has 126 valence electrons. The molecule has 1 aliphatic rings. The lowest BCUT2D eigenvalue weighted by Crippen LogP contribution is -2.46. The highest BCUT2D eigenvalue weighted by Gasteiger charge is 2.21. The van der Waals surface area contributed by atoms with Gasteiger partial charge in [-0.15, -0.1) is 11.8 Å². The molecule has 0 aliphatic carbocycles. The van der Waals surface area contributed by atoms with E-state index < -0.39 is 0 Å². The number of nitrogens with zero attached hydrogens (tertiary/aromatic N) is 1. The van der Waals surface area contributed by atoms with Crippen molar-refractivity contribution in [3.63, 3.8) is 0 Å². The number of amides is 2. The Hall–Kier alpha value is -1.69. The number of ether oxygens (including phenoxy) is 1. The van der Waals surface area contributed by atoms with Crippen LogP contribution in [0.4, 0.5) is 0 Å². The number of carbonyl (C=O) groups excluding carboxylic acids is 2. The fraction of sp³-hybridized carbons (Fsp3) is 0.529. The molecule has 6 heteroatoms.